The first-order valence-electron chi connectivity index (χ1n) is 10.4. The van der Waals surface area contributed by atoms with Crippen LogP contribution in [0.3, 0.4) is 0 Å². The fourth-order valence-corrected chi connectivity index (χ4v) is 3.60. The lowest BCUT2D eigenvalue weighted by Gasteiger charge is -2.15. The minimum absolute atomic E-state index is 0.182. The van der Waals surface area contributed by atoms with Gasteiger partial charge >= 0.3 is 0 Å². The van der Waals surface area contributed by atoms with Gasteiger partial charge in [-0.05, 0) is 36.6 Å². The summed E-state index contributed by atoms with van der Waals surface area (Å²) in [6.07, 6.45) is 6.81. The molecule has 2 N–H and O–H groups in total. The lowest BCUT2D eigenvalue weighted by atomic mass is 10.1. The molecule has 3 aromatic heterocycles. The van der Waals surface area contributed by atoms with Crippen molar-refractivity contribution in [2.75, 3.05) is 26.7 Å². The van der Waals surface area contributed by atoms with Gasteiger partial charge in [-0.3, -0.25) is 19.5 Å². The predicted molar refractivity (Wildman–Crippen MR) is 117 cm³/mol. The van der Waals surface area contributed by atoms with Crippen LogP contribution in [0.25, 0.3) is 16.9 Å². The molecule has 2 amide bonds. The first-order valence-corrected chi connectivity index (χ1v) is 10.4. The number of carbonyl (C=O) groups excluding carboxylic acids is 2. The van der Waals surface area contributed by atoms with Gasteiger partial charge in [-0.2, -0.15) is 0 Å². The molecule has 0 radical (unpaired) electrons. The maximum atomic E-state index is 12.8. The Kier molecular flexibility index (Phi) is 6.29. The van der Waals surface area contributed by atoms with E-state index in [0.717, 1.165) is 13.0 Å². The molecule has 0 saturated carbocycles. The molecule has 0 aliphatic carbocycles. The summed E-state index contributed by atoms with van der Waals surface area (Å²) in [7, 11) is 1.51. The predicted octanol–water partition coefficient (Wildman–Crippen LogP) is 1.37. The number of aromatic amines is 1. The summed E-state index contributed by atoms with van der Waals surface area (Å²) < 4.78 is 6.41. The number of H-pyrrole nitrogens is 1. The van der Waals surface area contributed by atoms with Crippen molar-refractivity contribution in [2.45, 2.75) is 19.3 Å². The third-order valence-electron chi connectivity index (χ3n) is 5.33. The Labute approximate surface area is 184 Å². The van der Waals surface area contributed by atoms with E-state index in [1.165, 1.54) is 18.0 Å². The fourth-order valence-electron chi connectivity index (χ4n) is 3.60. The molecular weight excluding hydrogens is 412 g/mol. The van der Waals surface area contributed by atoms with Crippen LogP contribution in [0.2, 0.25) is 0 Å². The van der Waals surface area contributed by atoms with Gasteiger partial charge in [0.1, 0.15) is 0 Å². The highest BCUT2D eigenvalue weighted by molar-refractivity contribution is 5.93. The van der Waals surface area contributed by atoms with Crippen molar-refractivity contribution in [1.82, 2.24) is 30.0 Å². The van der Waals surface area contributed by atoms with Gasteiger partial charge < -0.3 is 15.0 Å². The van der Waals surface area contributed by atoms with E-state index in [2.05, 4.69) is 20.4 Å². The third kappa shape index (κ3) is 4.53. The minimum Gasteiger partial charge on any atom is -0.481 e. The molecule has 1 aliphatic rings. The number of hydrogen-bond donors (Lipinski definition) is 2. The fraction of sp³-hybridized carbons (Fsp3) is 0.318. The number of carbonyl (C=O) groups is 2. The highest BCUT2D eigenvalue weighted by Gasteiger charge is 2.19. The van der Waals surface area contributed by atoms with Gasteiger partial charge in [-0.25, -0.2) is 14.6 Å². The first-order chi connectivity index (χ1) is 15.6. The zero-order valence-corrected chi connectivity index (χ0v) is 17.7. The number of aromatic nitrogens is 4. The molecule has 0 bridgehead atoms. The molecule has 4 rings (SSSR count). The number of pyridine rings is 2. The Balaban J connectivity index is 1.38. The van der Waals surface area contributed by atoms with Gasteiger partial charge in [0.2, 0.25) is 11.8 Å². The van der Waals surface area contributed by atoms with E-state index in [9.17, 15) is 14.4 Å². The van der Waals surface area contributed by atoms with Crippen LogP contribution in [0.1, 0.15) is 29.6 Å². The molecule has 0 atom stereocenters. The van der Waals surface area contributed by atoms with Gasteiger partial charge in [0.05, 0.1) is 18.2 Å². The summed E-state index contributed by atoms with van der Waals surface area (Å²) in [4.78, 5) is 46.9. The molecule has 0 spiro atoms. The van der Waals surface area contributed by atoms with Crippen LogP contribution < -0.4 is 15.6 Å². The minimum atomic E-state index is -0.278. The number of rotatable bonds is 8. The molecule has 1 fully saturated rings. The molecule has 32 heavy (non-hydrogen) atoms. The van der Waals surface area contributed by atoms with Crippen molar-refractivity contribution in [2.24, 2.45) is 0 Å². The Morgan fingerprint density at radius 1 is 1.25 bits per heavy atom. The van der Waals surface area contributed by atoms with E-state index >= 15 is 0 Å². The standard InChI is InChI=1S/C22H24N6O4/c1-32-19-12-15(7-9-23-19)17-14-26-28(22(17)31)18-6-5-16(13-25-18)21(30)24-8-3-11-27-10-2-4-20(27)29/h5-7,9,12-14,26H,2-4,8,10-11H2,1H3,(H,24,30). The normalized spacial score (nSPS) is 13.4. The summed E-state index contributed by atoms with van der Waals surface area (Å²) in [5.74, 6) is 0.712. The van der Waals surface area contributed by atoms with Crippen molar-refractivity contribution < 1.29 is 14.3 Å². The second-order valence-electron chi connectivity index (χ2n) is 7.41. The molecule has 1 saturated heterocycles. The van der Waals surface area contributed by atoms with Crippen molar-refractivity contribution in [3.8, 4) is 22.8 Å². The molecule has 4 heterocycles. The van der Waals surface area contributed by atoms with Crippen LogP contribution in [-0.4, -0.2) is 63.2 Å². The summed E-state index contributed by atoms with van der Waals surface area (Å²) in [5.41, 5.74) is 1.23. The number of likely N-dealkylation sites (tertiary alicyclic amines) is 1. The smallest absolute Gasteiger partial charge is 0.280 e. The maximum absolute atomic E-state index is 12.8. The molecule has 10 nitrogen and oxygen atoms in total. The second kappa shape index (κ2) is 9.46. The quantitative estimate of drug-likeness (QED) is 0.515. The molecule has 3 aromatic rings. The Hall–Kier alpha value is -3.95. The first kappa shape index (κ1) is 21.3. The lowest BCUT2D eigenvalue weighted by molar-refractivity contribution is -0.127. The number of hydrogen-bond acceptors (Lipinski definition) is 6. The second-order valence-corrected chi connectivity index (χ2v) is 7.41. The number of nitrogens with zero attached hydrogens (tertiary/aromatic N) is 4. The summed E-state index contributed by atoms with van der Waals surface area (Å²) in [6.45, 7) is 1.92. The number of ether oxygens (including phenoxy) is 1. The summed E-state index contributed by atoms with van der Waals surface area (Å²) in [6, 6.07) is 6.62. The van der Waals surface area contributed by atoms with Crippen LogP contribution in [0.15, 0.2) is 47.7 Å². The van der Waals surface area contributed by atoms with Crippen LogP contribution in [0.4, 0.5) is 0 Å². The van der Waals surface area contributed by atoms with Crippen molar-refractivity contribution >= 4 is 11.8 Å². The molecule has 0 aromatic carbocycles. The van der Waals surface area contributed by atoms with E-state index in [-0.39, 0.29) is 17.4 Å². The lowest BCUT2D eigenvalue weighted by Crippen LogP contribution is -2.30. The number of amides is 2. The van der Waals surface area contributed by atoms with Gasteiger partial charge in [-0.15, -0.1) is 0 Å². The average Bonchev–Trinajstić information content (AvgIpc) is 3.41. The average molecular weight is 436 g/mol. The highest BCUT2D eigenvalue weighted by atomic mass is 16.5. The van der Waals surface area contributed by atoms with Gasteiger partial charge in [0.15, 0.2) is 5.82 Å². The Morgan fingerprint density at radius 3 is 2.84 bits per heavy atom. The van der Waals surface area contributed by atoms with Crippen LogP contribution >= 0.6 is 0 Å². The molecule has 166 valence electrons. The topological polar surface area (TPSA) is 122 Å². The van der Waals surface area contributed by atoms with Gasteiger partial charge in [0, 0.05) is 50.7 Å². The Bertz CT molecular complexity index is 1170. The molecule has 0 unspecified atom stereocenters. The molecular formula is C22H24N6O4. The zero-order chi connectivity index (χ0) is 22.5. The van der Waals surface area contributed by atoms with E-state index in [4.69, 9.17) is 4.74 Å². The van der Waals surface area contributed by atoms with E-state index in [1.54, 1.807) is 36.7 Å². The van der Waals surface area contributed by atoms with E-state index in [0.29, 0.717) is 54.3 Å². The maximum Gasteiger partial charge on any atom is 0.280 e. The van der Waals surface area contributed by atoms with Crippen molar-refractivity contribution in [3.05, 3.63) is 58.8 Å². The van der Waals surface area contributed by atoms with Crippen LogP contribution in [0, 0.1) is 0 Å². The molecule has 10 heteroatoms. The van der Waals surface area contributed by atoms with Crippen LogP contribution in [-0.2, 0) is 4.79 Å². The van der Waals surface area contributed by atoms with E-state index in [1.807, 2.05) is 4.90 Å². The third-order valence-corrected chi connectivity index (χ3v) is 5.33. The highest BCUT2D eigenvalue weighted by Crippen LogP contribution is 2.19. The number of nitrogens with one attached hydrogen (secondary N) is 2. The van der Waals surface area contributed by atoms with E-state index < -0.39 is 0 Å². The van der Waals surface area contributed by atoms with Crippen LogP contribution in [0.5, 0.6) is 5.88 Å². The monoisotopic (exact) mass is 436 g/mol. The van der Waals surface area contributed by atoms with Gasteiger partial charge in [-0.1, -0.05) is 0 Å². The SMILES string of the molecule is COc1cc(-c2c[nH]n(-c3ccc(C(=O)NCCCN4CCCC4=O)cn3)c2=O)ccn1. The summed E-state index contributed by atoms with van der Waals surface area (Å²) in [5, 5.41) is 5.73. The van der Waals surface area contributed by atoms with Crippen molar-refractivity contribution in [3.63, 3.8) is 0 Å². The van der Waals surface area contributed by atoms with Gasteiger partial charge in [0.25, 0.3) is 11.5 Å². The molecule has 1 aliphatic heterocycles. The zero-order valence-electron chi connectivity index (χ0n) is 17.7. The number of methoxy groups -OCH3 is 1. The van der Waals surface area contributed by atoms with Crippen molar-refractivity contribution in [1.29, 1.82) is 0 Å². The Morgan fingerprint density at radius 2 is 2.12 bits per heavy atom. The largest absolute Gasteiger partial charge is 0.481 e. The summed E-state index contributed by atoms with van der Waals surface area (Å²) >= 11 is 0.